The summed E-state index contributed by atoms with van der Waals surface area (Å²) in [6, 6.07) is 0. The van der Waals surface area contributed by atoms with Gasteiger partial charge in [-0.05, 0) is 22.9 Å². The fourth-order valence-corrected chi connectivity index (χ4v) is 2.05. The third-order valence-electron chi connectivity index (χ3n) is 1.92. The summed E-state index contributed by atoms with van der Waals surface area (Å²) < 4.78 is 2.61. The van der Waals surface area contributed by atoms with Crippen LogP contribution in [-0.2, 0) is 7.05 Å². The van der Waals surface area contributed by atoms with E-state index in [0.29, 0.717) is 5.02 Å². The summed E-state index contributed by atoms with van der Waals surface area (Å²) in [5, 5.41) is 5.85. The van der Waals surface area contributed by atoms with Crippen LogP contribution in [0.4, 0.5) is 0 Å². The number of halogens is 2. The average molecular weight is 261 g/mol. The van der Waals surface area contributed by atoms with E-state index in [-0.39, 0.29) is 0 Å². The molecule has 2 aromatic heterocycles. The van der Waals surface area contributed by atoms with E-state index in [1.807, 2.05) is 14.0 Å². The predicted octanol–water partition coefficient (Wildman–Crippen LogP) is 2.69. The Bertz CT molecular complexity index is 478. The first-order valence-electron chi connectivity index (χ1n) is 3.74. The van der Waals surface area contributed by atoms with E-state index in [0.717, 1.165) is 21.2 Å². The fourth-order valence-electron chi connectivity index (χ4n) is 1.34. The molecule has 2 rings (SSSR count). The molecule has 5 heteroatoms. The van der Waals surface area contributed by atoms with Gasteiger partial charge in [-0.15, -0.1) is 0 Å². The second kappa shape index (κ2) is 2.96. The molecule has 0 aliphatic heterocycles. The maximum Gasteiger partial charge on any atom is 0.158 e. The van der Waals surface area contributed by atoms with E-state index in [1.54, 1.807) is 10.9 Å². The van der Waals surface area contributed by atoms with Crippen LogP contribution < -0.4 is 0 Å². The Hall–Kier alpha value is -0.610. The van der Waals surface area contributed by atoms with Crippen molar-refractivity contribution in [3.05, 3.63) is 21.4 Å². The van der Waals surface area contributed by atoms with Gasteiger partial charge in [-0.25, -0.2) is 4.98 Å². The van der Waals surface area contributed by atoms with Crippen LogP contribution in [0.1, 0.15) is 5.69 Å². The highest BCUT2D eigenvalue weighted by Crippen LogP contribution is 2.30. The van der Waals surface area contributed by atoms with Crippen molar-refractivity contribution in [3.8, 4) is 0 Å². The number of rotatable bonds is 0. The molecule has 2 aromatic rings. The average Bonchev–Trinajstić information content (AvgIpc) is 2.35. The fraction of sp³-hybridized carbons (Fsp3) is 0.250. The molecule has 13 heavy (non-hydrogen) atoms. The van der Waals surface area contributed by atoms with Gasteiger partial charge in [0.05, 0.1) is 20.6 Å². The van der Waals surface area contributed by atoms with Crippen LogP contribution in [0.25, 0.3) is 11.0 Å². The minimum absolute atomic E-state index is 0.614. The van der Waals surface area contributed by atoms with Gasteiger partial charge in [0.15, 0.2) is 5.65 Å². The minimum Gasteiger partial charge on any atom is -0.250 e. The lowest BCUT2D eigenvalue weighted by Crippen LogP contribution is -1.91. The normalized spacial score (nSPS) is 11.1. The molecule has 0 amide bonds. The van der Waals surface area contributed by atoms with Gasteiger partial charge >= 0.3 is 0 Å². The van der Waals surface area contributed by atoms with Gasteiger partial charge in [0, 0.05) is 13.2 Å². The Kier molecular flexibility index (Phi) is 2.04. The molecule has 0 N–H and O–H groups in total. The number of fused-ring (bicyclic) bond motifs is 1. The van der Waals surface area contributed by atoms with Crippen molar-refractivity contribution in [3.63, 3.8) is 0 Å². The Morgan fingerprint density at radius 1 is 1.54 bits per heavy atom. The second-order valence-electron chi connectivity index (χ2n) is 2.83. The first kappa shape index (κ1) is 8.97. The lowest BCUT2D eigenvalue weighted by atomic mass is 10.3. The summed E-state index contributed by atoms with van der Waals surface area (Å²) in [4.78, 5) is 4.20. The molecular formula is C8H7BrClN3. The molecule has 3 nitrogen and oxygen atoms in total. The highest BCUT2D eigenvalue weighted by molar-refractivity contribution is 9.10. The highest BCUT2D eigenvalue weighted by Gasteiger charge is 2.11. The van der Waals surface area contributed by atoms with E-state index >= 15 is 0 Å². The van der Waals surface area contributed by atoms with E-state index in [2.05, 4.69) is 26.0 Å². The van der Waals surface area contributed by atoms with Crippen LogP contribution in [-0.4, -0.2) is 14.8 Å². The van der Waals surface area contributed by atoms with Gasteiger partial charge < -0.3 is 0 Å². The van der Waals surface area contributed by atoms with Crippen molar-refractivity contribution in [1.82, 2.24) is 14.8 Å². The number of aromatic nitrogens is 3. The molecular weight excluding hydrogens is 253 g/mol. The number of nitrogens with zero attached hydrogens (tertiary/aromatic N) is 3. The molecule has 2 heterocycles. The van der Waals surface area contributed by atoms with Crippen molar-refractivity contribution in [1.29, 1.82) is 0 Å². The van der Waals surface area contributed by atoms with E-state index < -0.39 is 0 Å². The predicted molar refractivity (Wildman–Crippen MR) is 56.0 cm³/mol. The van der Waals surface area contributed by atoms with Crippen LogP contribution >= 0.6 is 27.5 Å². The molecule has 68 valence electrons. The van der Waals surface area contributed by atoms with E-state index in [1.165, 1.54) is 0 Å². The van der Waals surface area contributed by atoms with Gasteiger partial charge in [0.25, 0.3) is 0 Å². The zero-order valence-electron chi connectivity index (χ0n) is 7.17. The smallest absolute Gasteiger partial charge is 0.158 e. The number of pyridine rings is 1. The monoisotopic (exact) mass is 259 g/mol. The first-order valence-corrected chi connectivity index (χ1v) is 4.91. The van der Waals surface area contributed by atoms with Crippen molar-refractivity contribution in [2.75, 3.05) is 0 Å². The Morgan fingerprint density at radius 2 is 2.23 bits per heavy atom. The first-order chi connectivity index (χ1) is 6.11. The Morgan fingerprint density at radius 3 is 2.92 bits per heavy atom. The van der Waals surface area contributed by atoms with Crippen LogP contribution in [0, 0.1) is 6.92 Å². The molecule has 0 unspecified atom stereocenters. The quantitative estimate of drug-likeness (QED) is 0.729. The molecule has 0 spiro atoms. The van der Waals surface area contributed by atoms with E-state index in [9.17, 15) is 0 Å². The van der Waals surface area contributed by atoms with Crippen molar-refractivity contribution < 1.29 is 0 Å². The molecule has 0 fully saturated rings. The van der Waals surface area contributed by atoms with Gasteiger partial charge in [0.1, 0.15) is 0 Å². The molecule has 0 aromatic carbocycles. The molecule has 0 aliphatic carbocycles. The Labute approximate surface area is 88.8 Å². The number of hydrogen-bond acceptors (Lipinski definition) is 2. The van der Waals surface area contributed by atoms with Crippen LogP contribution in [0.5, 0.6) is 0 Å². The van der Waals surface area contributed by atoms with Crippen molar-refractivity contribution in [2.24, 2.45) is 7.05 Å². The van der Waals surface area contributed by atoms with Gasteiger partial charge in [-0.3, -0.25) is 4.68 Å². The van der Waals surface area contributed by atoms with Crippen LogP contribution in [0.2, 0.25) is 5.02 Å². The highest BCUT2D eigenvalue weighted by atomic mass is 79.9. The van der Waals surface area contributed by atoms with Gasteiger partial charge in [-0.1, -0.05) is 11.6 Å². The molecule has 0 saturated carbocycles. The minimum atomic E-state index is 0.614. The van der Waals surface area contributed by atoms with Crippen molar-refractivity contribution in [2.45, 2.75) is 6.92 Å². The van der Waals surface area contributed by atoms with E-state index in [4.69, 9.17) is 11.6 Å². The SMILES string of the molecule is Cc1nn(C)c2ncc(Cl)c(Br)c12. The summed E-state index contributed by atoms with van der Waals surface area (Å²) in [6.45, 7) is 1.94. The molecule has 0 aliphatic rings. The summed E-state index contributed by atoms with van der Waals surface area (Å²) >= 11 is 9.34. The maximum atomic E-state index is 5.92. The van der Waals surface area contributed by atoms with Crippen LogP contribution in [0.15, 0.2) is 10.7 Å². The molecule has 0 bridgehead atoms. The molecule has 0 atom stereocenters. The lowest BCUT2D eigenvalue weighted by molar-refractivity contribution is 0.774. The summed E-state index contributed by atoms with van der Waals surface area (Å²) in [7, 11) is 1.86. The summed E-state index contributed by atoms with van der Waals surface area (Å²) in [6.07, 6.45) is 1.62. The van der Waals surface area contributed by atoms with Crippen molar-refractivity contribution >= 4 is 38.6 Å². The third kappa shape index (κ3) is 1.25. The Balaban J connectivity index is 2.98. The zero-order valence-corrected chi connectivity index (χ0v) is 9.52. The van der Waals surface area contributed by atoms with Gasteiger partial charge in [-0.2, -0.15) is 5.10 Å². The summed E-state index contributed by atoms with van der Waals surface area (Å²) in [5.74, 6) is 0. The lowest BCUT2D eigenvalue weighted by Gasteiger charge is -1.97. The topological polar surface area (TPSA) is 30.7 Å². The maximum absolute atomic E-state index is 5.92. The standard InChI is InChI=1S/C8H7BrClN3/c1-4-6-7(9)5(10)3-11-8(6)13(2)12-4/h3H,1-2H3. The number of aryl methyl sites for hydroxylation is 2. The second-order valence-corrected chi connectivity index (χ2v) is 4.03. The van der Waals surface area contributed by atoms with Gasteiger partial charge in [0.2, 0.25) is 0 Å². The number of hydrogen-bond donors (Lipinski definition) is 0. The van der Waals surface area contributed by atoms with Crippen LogP contribution in [0.3, 0.4) is 0 Å². The third-order valence-corrected chi connectivity index (χ3v) is 3.26. The molecule has 0 saturated heterocycles. The largest absolute Gasteiger partial charge is 0.250 e. The summed E-state index contributed by atoms with van der Waals surface area (Å²) in [5.41, 5.74) is 1.77. The molecule has 0 radical (unpaired) electrons. The zero-order chi connectivity index (χ0) is 9.59.